The van der Waals surface area contributed by atoms with Gasteiger partial charge in [-0.2, -0.15) is 5.10 Å². The topological polar surface area (TPSA) is 90.8 Å². The molecule has 0 saturated carbocycles. The summed E-state index contributed by atoms with van der Waals surface area (Å²) in [5.41, 5.74) is 4.65. The van der Waals surface area contributed by atoms with Gasteiger partial charge in [-0.25, -0.2) is 5.43 Å². The van der Waals surface area contributed by atoms with Gasteiger partial charge in [0.05, 0.1) is 11.3 Å². The summed E-state index contributed by atoms with van der Waals surface area (Å²) in [6, 6.07) is 13.3. The highest BCUT2D eigenvalue weighted by Gasteiger charge is 2.09. The summed E-state index contributed by atoms with van der Waals surface area (Å²) >= 11 is 0. The van der Waals surface area contributed by atoms with E-state index >= 15 is 0 Å². The van der Waals surface area contributed by atoms with Gasteiger partial charge in [0.1, 0.15) is 5.75 Å². The molecule has 0 unspecified atom stereocenters. The van der Waals surface area contributed by atoms with Crippen molar-refractivity contribution in [2.45, 2.75) is 13.8 Å². The van der Waals surface area contributed by atoms with E-state index in [1.54, 1.807) is 43.3 Å². The molecule has 2 aromatic rings. The fourth-order valence-corrected chi connectivity index (χ4v) is 1.92. The maximum atomic E-state index is 12.0. The minimum Gasteiger partial charge on any atom is -0.507 e. The second-order valence-corrected chi connectivity index (χ2v) is 4.91. The average molecular weight is 311 g/mol. The zero-order chi connectivity index (χ0) is 16.8. The first-order valence-electron chi connectivity index (χ1n) is 6.98. The van der Waals surface area contributed by atoms with Gasteiger partial charge in [0, 0.05) is 12.6 Å². The van der Waals surface area contributed by atoms with E-state index in [2.05, 4.69) is 15.8 Å². The number of para-hydroxylation sites is 1. The summed E-state index contributed by atoms with van der Waals surface area (Å²) in [6.45, 7) is 3.19. The molecule has 0 heterocycles. The molecule has 0 spiro atoms. The van der Waals surface area contributed by atoms with E-state index in [1.165, 1.54) is 19.1 Å². The molecule has 2 amide bonds. The Morgan fingerprint density at radius 3 is 2.26 bits per heavy atom. The number of carbonyl (C=O) groups excluding carboxylic acids is 2. The SMILES string of the molecule is CC(=O)Nc1ccc(/C(C)=N\NC(=O)c2ccccc2O)cc1. The quantitative estimate of drug-likeness (QED) is 0.598. The molecule has 0 aromatic heterocycles. The van der Waals surface area contributed by atoms with Crippen molar-refractivity contribution >= 4 is 23.2 Å². The molecule has 0 aliphatic rings. The fourth-order valence-electron chi connectivity index (χ4n) is 1.92. The summed E-state index contributed by atoms with van der Waals surface area (Å²) < 4.78 is 0. The number of nitrogens with one attached hydrogen (secondary N) is 2. The summed E-state index contributed by atoms with van der Waals surface area (Å²) in [5.74, 6) is -0.729. The van der Waals surface area contributed by atoms with Gasteiger partial charge in [0.2, 0.25) is 5.91 Å². The largest absolute Gasteiger partial charge is 0.507 e. The number of benzene rings is 2. The van der Waals surface area contributed by atoms with Gasteiger partial charge in [0.15, 0.2) is 0 Å². The highest BCUT2D eigenvalue weighted by atomic mass is 16.3. The average Bonchev–Trinajstić information content (AvgIpc) is 2.53. The van der Waals surface area contributed by atoms with Gasteiger partial charge in [-0.05, 0) is 36.8 Å². The van der Waals surface area contributed by atoms with E-state index in [4.69, 9.17) is 0 Å². The summed E-state index contributed by atoms with van der Waals surface area (Å²) in [4.78, 5) is 22.9. The molecule has 2 rings (SSSR count). The van der Waals surface area contributed by atoms with Crippen molar-refractivity contribution in [2.24, 2.45) is 5.10 Å². The maximum Gasteiger partial charge on any atom is 0.275 e. The number of aromatic hydroxyl groups is 1. The Morgan fingerprint density at radius 1 is 1.00 bits per heavy atom. The van der Waals surface area contributed by atoms with Crippen LogP contribution < -0.4 is 10.7 Å². The number of hydrogen-bond donors (Lipinski definition) is 3. The molecular formula is C17H17N3O3. The minimum absolute atomic E-state index is 0.0995. The summed E-state index contributed by atoms with van der Waals surface area (Å²) in [5, 5.41) is 16.3. The molecule has 23 heavy (non-hydrogen) atoms. The summed E-state index contributed by atoms with van der Waals surface area (Å²) in [7, 11) is 0. The lowest BCUT2D eigenvalue weighted by Gasteiger charge is -2.06. The van der Waals surface area contributed by atoms with Crippen molar-refractivity contribution in [3.63, 3.8) is 0 Å². The van der Waals surface area contributed by atoms with Crippen LogP contribution in [0, 0.1) is 0 Å². The van der Waals surface area contributed by atoms with Crippen molar-refractivity contribution in [2.75, 3.05) is 5.32 Å². The molecule has 6 nitrogen and oxygen atoms in total. The second kappa shape index (κ2) is 7.22. The van der Waals surface area contributed by atoms with E-state index in [1.807, 2.05) is 0 Å². The molecule has 0 fully saturated rings. The number of phenolic OH excluding ortho intramolecular Hbond substituents is 1. The Kier molecular flexibility index (Phi) is 5.09. The van der Waals surface area contributed by atoms with Crippen molar-refractivity contribution in [1.82, 2.24) is 5.43 Å². The fraction of sp³-hybridized carbons (Fsp3) is 0.118. The number of rotatable bonds is 4. The number of phenols is 1. The summed E-state index contributed by atoms with van der Waals surface area (Å²) in [6.07, 6.45) is 0. The number of amides is 2. The molecule has 118 valence electrons. The third kappa shape index (κ3) is 4.41. The van der Waals surface area contributed by atoms with Crippen molar-refractivity contribution in [1.29, 1.82) is 0 Å². The van der Waals surface area contributed by atoms with Crippen LogP contribution in [0.15, 0.2) is 53.6 Å². The first kappa shape index (κ1) is 16.2. The van der Waals surface area contributed by atoms with Crippen LogP contribution in [0.5, 0.6) is 5.75 Å². The highest BCUT2D eigenvalue weighted by molar-refractivity contribution is 6.02. The second-order valence-electron chi connectivity index (χ2n) is 4.91. The van der Waals surface area contributed by atoms with Crippen LogP contribution in [0.25, 0.3) is 0 Å². The molecular weight excluding hydrogens is 294 g/mol. The number of hydrogen-bond acceptors (Lipinski definition) is 4. The Hall–Kier alpha value is -3.15. The van der Waals surface area contributed by atoms with E-state index < -0.39 is 5.91 Å². The molecule has 0 atom stereocenters. The lowest BCUT2D eigenvalue weighted by atomic mass is 10.1. The molecule has 0 bridgehead atoms. The lowest BCUT2D eigenvalue weighted by molar-refractivity contribution is -0.114. The van der Waals surface area contributed by atoms with Gasteiger partial charge < -0.3 is 10.4 Å². The zero-order valence-electron chi connectivity index (χ0n) is 12.8. The van der Waals surface area contributed by atoms with Gasteiger partial charge in [0.25, 0.3) is 5.91 Å². The van der Waals surface area contributed by atoms with Crippen molar-refractivity contribution in [3.05, 3.63) is 59.7 Å². The first-order chi connectivity index (χ1) is 11.0. The van der Waals surface area contributed by atoms with Gasteiger partial charge >= 0.3 is 0 Å². The molecule has 0 aliphatic heterocycles. The number of carbonyl (C=O) groups is 2. The van der Waals surface area contributed by atoms with Crippen LogP contribution in [0.3, 0.4) is 0 Å². The standard InChI is InChI=1S/C17H17N3O3/c1-11(13-7-9-14(10-8-13)18-12(2)21)19-20-17(23)15-5-3-4-6-16(15)22/h3-10,22H,1-2H3,(H,18,21)(H,20,23)/b19-11-. The van der Waals surface area contributed by atoms with E-state index in [-0.39, 0.29) is 17.2 Å². The van der Waals surface area contributed by atoms with Crippen LogP contribution in [0.4, 0.5) is 5.69 Å². The van der Waals surface area contributed by atoms with Crippen LogP contribution in [-0.4, -0.2) is 22.6 Å². The van der Waals surface area contributed by atoms with Crippen molar-refractivity contribution < 1.29 is 14.7 Å². The Morgan fingerprint density at radius 2 is 1.65 bits per heavy atom. The Bertz CT molecular complexity index is 752. The molecule has 6 heteroatoms. The van der Waals surface area contributed by atoms with Crippen LogP contribution in [0.1, 0.15) is 29.8 Å². The normalized spacial score (nSPS) is 11.0. The van der Waals surface area contributed by atoms with Crippen LogP contribution in [0.2, 0.25) is 0 Å². The zero-order valence-corrected chi connectivity index (χ0v) is 12.8. The maximum absolute atomic E-state index is 12.0. The predicted octanol–water partition coefficient (Wildman–Crippen LogP) is 2.50. The predicted molar refractivity (Wildman–Crippen MR) is 88.5 cm³/mol. The molecule has 0 radical (unpaired) electrons. The molecule has 2 aromatic carbocycles. The number of anilines is 1. The van der Waals surface area contributed by atoms with Crippen molar-refractivity contribution in [3.8, 4) is 5.75 Å². The Balaban J connectivity index is 2.06. The smallest absolute Gasteiger partial charge is 0.275 e. The minimum atomic E-state index is -0.489. The monoisotopic (exact) mass is 311 g/mol. The van der Waals surface area contributed by atoms with E-state index in [0.717, 1.165) is 5.56 Å². The highest BCUT2D eigenvalue weighted by Crippen LogP contribution is 2.15. The van der Waals surface area contributed by atoms with Gasteiger partial charge in [-0.15, -0.1) is 0 Å². The number of hydrazone groups is 1. The third-order valence-electron chi connectivity index (χ3n) is 3.10. The van der Waals surface area contributed by atoms with Gasteiger partial charge in [-0.1, -0.05) is 24.3 Å². The first-order valence-corrected chi connectivity index (χ1v) is 6.98. The lowest BCUT2D eigenvalue weighted by Crippen LogP contribution is -2.19. The third-order valence-corrected chi connectivity index (χ3v) is 3.10. The molecule has 3 N–H and O–H groups in total. The molecule has 0 saturated heterocycles. The molecule has 0 aliphatic carbocycles. The van der Waals surface area contributed by atoms with E-state index in [9.17, 15) is 14.7 Å². The number of nitrogens with zero attached hydrogens (tertiary/aromatic N) is 1. The van der Waals surface area contributed by atoms with Gasteiger partial charge in [-0.3, -0.25) is 9.59 Å². The van der Waals surface area contributed by atoms with Crippen LogP contribution >= 0.6 is 0 Å². The van der Waals surface area contributed by atoms with E-state index in [0.29, 0.717) is 11.4 Å². The Labute approximate surface area is 133 Å². The van der Waals surface area contributed by atoms with Crippen LogP contribution in [-0.2, 0) is 4.79 Å².